The lowest BCUT2D eigenvalue weighted by molar-refractivity contribution is 0.0747. The highest BCUT2D eigenvalue weighted by molar-refractivity contribution is 6.29. The topological polar surface area (TPSA) is 33.2 Å². The molecular formula is C11H13ClN2O. The summed E-state index contributed by atoms with van der Waals surface area (Å²) in [6.45, 7) is 2.93. The summed E-state index contributed by atoms with van der Waals surface area (Å²) in [5.41, 5.74) is 0.619. The molecule has 3 nitrogen and oxygen atoms in total. The van der Waals surface area contributed by atoms with Crippen LogP contribution in [-0.2, 0) is 0 Å². The van der Waals surface area contributed by atoms with Gasteiger partial charge in [-0.1, -0.05) is 11.6 Å². The highest BCUT2D eigenvalue weighted by atomic mass is 35.5. The molecule has 4 heteroatoms. The van der Waals surface area contributed by atoms with Gasteiger partial charge in [0.05, 0.1) is 5.56 Å². The van der Waals surface area contributed by atoms with Crippen LogP contribution in [0.3, 0.4) is 0 Å². The smallest absolute Gasteiger partial charge is 0.255 e. The SMILES string of the molecule is CC1CCCN1C(=O)c1ccc(Cl)nc1. The number of pyridine rings is 1. The third kappa shape index (κ3) is 2.12. The monoisotopic (exact) mass is 224 g/mol. The van der Waals surface area contributed by atoms with Gasteiger partial charge in [0.1, 0.15) is 5.15 Å². The number of rotatable bonds is 1. The number of nitrogens with zero attached hydrogens (tertiary/aromatic N) is 2. The number of carbonyl (C=O) groups excluding carboxylic acids is 1. The number of hydrogen-bond acceptors (Lipinski definition) is 2. The van der Waals surface area contributed by atoms with Crippen LogP contribution in [0, 0.1) is 0 Å². The first-order valence-corrected chi connectivity index (χ1v) is 5.49. The molecule has 2 rings (SSSR count). The molecule has 15 heavy (non-hydrogen) atoms. The van der Waals surface area contributed by atoms with Crippen LogP contribution < -0.4 is 0 Å². The molecule has 0 spiro atoms. The zero-order valence-corrected chi connectivity index (χ0v) is 9.37. The second-order valence-corrected chi connectivity index (χ2v) is 4.25. The second-order valence-electron chi connectivity index (χ2n) is 3.86. The normalized spacial score (nSPS) is 20.7. The Balaban J connectivity index is 2.17. The van der Waals surface area contributed by atoms with Crippen LogP contribution in [-0.4, -0.2) is 28.4 Å². The zero-order chi connectivity index (χ0) is 10.8. The molecule has 0 aliphatic carbocycles. The molecule has 1 atom stereocenters. The van der Waals surface area contributed by atoms with Crippen molar-refractivity contribution in [1.29, 1.82) is 0 Å². The van der Waals surface area contributed by atoms with E-state index < -0.39 is 0 Å². The number of aromatic nitrogens is 1. The van der Waals surface area contributed by atoms with Crippen molar-refractivity contribution in [2.45, 2.75) is 25.8 Å². The number of carbonyl (C=O) groups is 1. The van der Waals surface area contributed by atoms with Gasteiger partial charge in [-0.3, -0.25) is 4.79 Å². The van der Waals surface area contributed by atoms with E-state index in [1.165, 1.54) is 6.20 Å². The first-order valence-electron chi connectivity index (χ1n) is 5.11. The quantitative estimate of drug-likeness (QED) is 0.687. The Morgan fingerprint density at radius 3 is 2.93 bits per heavy atom. The van der Waals surface area contributed by atoms with Crippen molar-refractivity contribution >= 4 is 17.5 Å². The summed E-state index contributed by atoms with van der Waals surface area (Å²) in [5, 5.41) is 0.418. The highest BCUT2D eigenvalue weighted by Crippen LogP contribution is 2.19. The average molecular weight is 225 g/mol. The molecule has 80 valence electrons. The Morgan fingerprint density at radius 2 is 2.40 bits per heavy atom. The molecule has 1 saturated heterocycles. The van der Waals surface area contributed by atoms with E-state index in [0.29, 0.717) is 16.8 Å². The minimum Gasteiger partial charge on any atom is -0.336 e. The fourth-order valence-electron chi connectivity index (χ4n) is 1.90. The lowest BCUT2D eigenvalue weighted by atomic mass is 10.2. The second kappa shape index (κ2) is 4.19. The number of hydrogen-bond donors (Lipinski definition) is 0. The molecule has 1 unspecified atom stereocenters. The minimum atomic E-state index is 0.0594. The van der Waals surface area contributed by atoms with Crippen molar-refractivity contribution in [2.24, 2.45) is 0 Å². The van der Waals surface area contributed by atoms with Gasteiger partial charge in [0, 0.05) is 18.8 Å². The van der Waals surface area contributed by atoms with E-state index in [-0.39, 0.29) is 5.91 Å². The molecular weight excluding hydrogens is 212 g/mol. The summed E-state index contributed by atoms with van der Waals surface area (Å²) in [6, 6.07) is 3.71. The van der Waals surface area contributed by atoms with E-state index in [4.69, 9.17) is 11.6 Å². The molecule has 1 aromatic heterocycles. The molecule has 1 fully saturated rings. The summed E-state index contributed by atoms with van der Waals surface area (Å²) in [4.78, 5) is 17.8. The van der Waals surface area contributed by atoms with Crippen molar-refractivity contribution in [1.82, 2.24) is 9.88 Å². The van der Waals surface area contributed by atoms with Crippen LogP contribution in [0.25, 0.3) is 0 Å². The van der Waals surface area contributed by atoms with E-state index in [0.717, 1.165) is 19.4 Å². The Hall–Kier alpha value is -1.09. The maximum atomic E-state index is 12.0. The lowest BCUT2D eigenvalue weighted by Crippen LogP contribution is -2.33. The molecule has 0 radical (unpaired) electrons. The van der Waals surface area contributed by atoms with E-state index in [1.54, 1.807) is 12.1 Å². The van der Waals surface area contributed by atoms with Crippen LogP contribution >= 0.6 is 11.6 Å². The first kappa shape index (κ1) is 10.4. The van der Waals surface area contributed by atoms with Gasteiger partial charge < -0.3 is 4.90 Å². The maximum absolute atomic E-state index is 12.0. The first-order chi connectivity index (χ1) is 7.18. The van der Waals surface area contributed by atoms with Gasteiger partial charge in [0.15, 0.2) is 0 Å². The van der Waals surface area contributed by atoms with E-state index in [1.807, 2.05) is 4.90 Å². The van der Waals surface area contributed by atoms with Gasteiger partial charge >= 0.3 is 0 Å². The Kier molecular flexibility index (Phi) is 2.91. The fraction of sp³-hybridized carbons (Fsp3) is 0.455. The molecule has 1 aliphatic heterocycles. The van der Waals surface area contributed by atoms with Crippen LogP contribution in [0.15, 0.2) is 18.3 Å². The van der Waals surface area contributed by atoms with Gasteiger partial charge in [-0.15, -0.1) is 0 Å². The van der Waals surface area contributed by atoms with Crippen molar-refractivity contribution in [3.05, 3.63) is 29.0 Å². The van der Waals surface area contributed by atoms with Gasteiger partial charge in [-0.25, -0.2) is 4.98 Å². The third-order valence-corrected chi connectivity index (χ3v) is 3.01. The van der Waals surface area contributed by atoms with Crippen LogP contribution in [0.5, 0.6) is 0 Å². The number of halogens is 1. The highest BCUT2D eigenvalue weighted by Gasteiger charge is 2.25. The van der Waals surface area contributed by atoms with Crippen molar-refractivity contribution in [3.63, 3.8) is 0 Å². The molecule has 0 N–H and O–H groups in total. The average Bonchev–Trinajstić information content (AvgIpc) is 2.65. The Morgan fingerprint density at radius 1 is 1.60 bits per heavy atom. The summed E-state index contributed by atoms with van der Waals surface area (Å²) in [7, 11) is 0. The molecule has 1 aromatic rings. The number of amides is 1. The molecule has 0 saturated carbocycles. The summed E-state index contributed by atoms with van der Waals surface area (Å²) < 4.78 is 0. The van der Waals surface area contributed by atoms with Crippen LogP contribution in [0.4, 0.5) is 0 Å². The van der Waals surface area contributed by atoms with E-state index in [2.05, 4.69) is 11.9 Å². The molecule has 1 aliphatic rings. The van der Waals surface area contributed by atoms with Gasteiger partial charge in [0.2, 0.25) is 0 Å². The van der Waals surface area contributed by atoms with Gasteiger partial charge in [0.25, 0.3) is 5.91 Å². The molecule has 2 heterocycles. The van der Waals surface area contributed by atoms with Gasteiger partial charge in [-0.05, 0) is 31.9 Å². The standard InChI is InChI=1S/C11H13ClN2O/c1-8-3-2-6-14(8)11(15)9-4-5-10(12)13-7-9/h4-5,7-8H,2-3,6H2,1H3. The third-order valence-electron chi connectivity index (χ3n) is 2.79. The minimum absolute atomic E-state index is 0.0594. The Labute approximate surface area is 94.1 Å². The fourth-order valence-corrected chi connectivity index (χ4v) is 2.01. The Bertz CT molecular complexity index is 363. The maximum Gasteiger partial charge on any atom is 0.255 e. The molecule has 0 bridgehead atoms. The lowest BCUT2D eigenvalue weighted by Gasteiger charge is -2.21. The van der Waals surface area contributed by atoms with Crippen molar-refractivity contribution < 1.29 is 4.79 Å². The van der Waals surface area contributed by atoms with Crippen molar-refractivity contribution in [3.8, 4) is 0 Å². The summed E-state index contributed by atoms with van der Waals surface area (Å²) in [5.74, 6) is 0.0594. The van der Waals surface area contributed by atoms with Gasteiger partial charge in [-0.2, -0.15) is 0 Å². The van der Waals surface area contributed by atoms with Crippen LogP contribution in [0.1, 0.15) is 30.1 Å². The predicted octanol–water partition coefficient (Wildman–Crippen LogP) is 2.36. The number of likely N-dealkylation sites (tertiary alicyclic amines) is 1. The van der Waals surface area contributed by atoms with E-state index >= 15 is 0 Å². The summed E-state index contributed by atoms with van der Waals surface area (Å²) >= 11 is 5.67. The summed E-state index contributed by atoms with van der Waals surface area (Å²) in [6.07, 6.45) is 3.72. The van der Waals surface area contributed by atoms with Crippen LogP contribution in [0.2, 0.25) is 5.15 Å². The zero-order valence-electron chi connectivity index (χ0n) is 8.61. The predicted molar refractivity (Wildman–Crippen MR) is 59.0 cm³/mol. The molecule has 0 aromatic carbocycles. The van der Waals surface area contributed by atoms with E-state index in [9.17, 15) is 4.79 Å². The molecule has 1 amide bonds. The van der Waals surface area contributed by atoms with Crippen molar-refractivity contribution in [2.75, 3.05) is 6.54 Å². The largest absolute Gasteiger partial charge is 0.336 e.